The number of nitriles is 1. The third kappa shape index (κ3) is 3.79. The van der Waals surface area contributed by atoms with Gasteiger partial charge in [0, 0.05) is 16.6 Å². The van der Waals surface area contributed by atoms with E-state index in [9.17, 15) is 10.1 Å². The van der Waals surface area contributed by atoms with Crippen molar-refractivity contribution in [1.29, 1.82) is 5.26 Å². The smallest absolute Gasteiger partial charge is 0.411 e. The van der Waals surface area contributed by atoms with Gasteiger partial charge in [-0.05, 0) is 61.6 Å². The molecule has 1 aliphatic rings. The molecule has 1 fully saturated rings. The predicted molar refractivity (Wildman–Crippen MR) is 107 cm³/mol. The SMILES string of the molecule is CCOc1ccc2[nH]c(-c3ccc(NC(=O)OCC4CC4)cc3)c(C#N)c2c1. The zero-order valence-electron chi connectivity index (χ0n) is 15.6. The minimum absolute atomic E-state index is 0.438. The highest BCUT2D eigenvalue weighted by molar-refractivity contribution is 5.94. The number of carbonyl (C=O) groups excluding carboxylic acids is 1. The highest BCUT2D eigenvalue weighted by Crippen LogP contribution is 2.33. The van der Waals surface area contributed by atoms with Crippen LogP contribution in [0.25, 0.3) is 22.2 Å². The Bertz CT molecular complexity index is 1040. The first-order valence-electron chi connectivity index (χ1n) is 9.40. The molecule has 28 heavy (non-hydrogen) atoms. The van der Waals surface area contributed by atoms with Gasteiger partial charge in [-0.1, -0.05) is 12.1 Å². The lowest BCUT2D eigenvalue weighted by molar-refractivity contribution is 0.156. The van der Waals surface area contributed by atoms with Crippen molar-refractivity contribution in [2.45, 2.75) is 19.8 Å². The fourth-order valence-corrected chi connectivity index (χ4v) is 3.11. The first-order chi connectivity index (χ1) is 13.7. The number of amides is 1. The number of H-pyrrole nitrogens is 1. The minimum Gasteiger partial charge on any atom is -0.494 e. The molecule has 0 aliphatic heterocycles. The number of carbonyl (C=O) groups is 1. The Morgan fingerprint density at radius 1 is 1.25 bits per heavy atom. The van der Waals surface area contributed by atoms with E-state index in [1.165, 1.54) is 0 Å². The summed E-state index contributed by atoms with van der Waals surface area (Å²) in [5.74, 6) is 1.27. The van der Waals surface area contributed by atoms with Crippen molar-refractivity contribution in [3.8, 4) is 23.1 Å². The molecule has 1 aromatic heterocycles. The fraction of sp³-hybridized carbons (Fsp3) is 0.273. The monoisotopic (exact) mass is 375 g/mol. The highest BCUT2D eigenvalue weighted by atomic mass is 16.5. The van der Waals surface area contributed by atoms with Gasteiger partial charge in [-0.2, -0.15) is 5.26 Å². The first kappa shape index (κ1) is 17.9. The highest BCUT2D eigenvalue weighted by Gasteiger charge is 2.23. The van der Waals surface area contributed by atoms with E-state index in [-0.39, 0.29) is 0 Å². The standard InChI is InChI=1S/C22H21N3O3/c1-2-27-17-9-10-20-18(11-17)19(12-23)21(25-20)15-5-7-16(8-6-15)24-22(26)28-13-14-3-4-14/h5-11,14,25H,2-4,13H2,1H3,(H,24,26). The average molecular weight is 375 g/mol. The number of ether oxygens (including phenoxy) is 2. The van der Waals surface area contributed by atoms with E-state index in [0.717, 1.165) is 40.8 Å². The summed E-state index contributed by atoms with van der Waals surface area (Å²) in [7, 11) is 0. The second-order valence-corrected chi connectivity index (χ2v) is 6.87. The van der Waals surface area contributed by atoms with Crippen LogP contribution < -0.4 is 10.1 Å². The zero-order chi connectivity index (χ0) is 19.5. The normalized spacial score (nSPS) is 13.1. The average Bonchev–Trinajstić information content (AvgIpc) is 3.46. The van der Waals surface area contributed by atoms with Crippen LogP contribution in [0.4, 0.5) is 10.5 Å². The molecule has 0 radical (unpaired) electrons. The molecular formula is C22H21N3O3. The van der Waals surface area contributed by atoms with Gasteiger partial charge < -0.3 is 14.5 Å². The van der Waals surface area contributed by atoms with Crippen LogP contribution in [-0.2, 0) is 4.74 Å². The lowest BCUT2D eigenvalue weighted by Gasteiger charge is -2.07. The number of hydrogen-bond donors (Lipinski definition) is 2. The molecule has 0 spiro atoms. The van der Waals surface area contributed by atoms with Gasteiger partial charge in [-0.15, -0.1) is 0 Å². The summed E-state index contributed by atoms with van der Waals surface area (Å²) in [5.41, 5.74) is 3.70. The number of aromatic nitrogens is 1. The van der Waals surface area contributed by atoms with Crippen LogP contribution >= 0.6 is 0 Å². The number of hydrogen-bond acceptors (Lipinski definition) is 4. The maximum absolute atomic E-state index is 11.8. The summed E-state index contributed by atoms with van der Waals surface area (Å²) in [6, 6.07) is 15.3. The van der Waals surface area contributed by atoms with Gasteiger partial charge in [0.15, 0.2) is 0 Å². The van der Waals surface area contributed by atoms with Crippen LogP contribution in [0.15, 0.2) is 42.5 Å². The quantitative estimate of drug-likeness (QED) is 0.630. The van der Waals surface area contributed by atoms with Gasteiger partial charge in [0.2, 0.25) is 0 Å². The maximum Gasteiger partial charge on any atom is 0.411 e. The van der Waals surface area contributed by atoms with E-state index in [1.807, 2.05) is 37.3 Å². The molecule has 0 bridgehead atoms. The Balaban J connectivity index is 1.55. The molecule has 1 saturated carbocycles. The molecule has 6 nitrogen and oxygen atoms in total. The molecule has 2 N–H and O–H groups in total. The van der Waals surface area contributed by atoms with Crippen molar-refractivity contribution in [1.82, 2.24) is 4.98 Å². The van der Waals surface area contributed by atoms with Crippen LogP contribution in [0, 0.1) is 17.2 Å². The molecule has 142 valence electrons. The molecule has 1 heterocycles. The summed E-state index contributed by atoms with van der Waals surface area (Å²) < 4.78 is 10.7. The Kier molecular flexibility index (Phi) is 4.90. The third-order valence-electron chi connectivity index (χ3n) is 4.76. The molecule has 0 unspecified atom stereocenters. The number of rotatable bonds is 6. The molecule has 3 aromatic rings. The van der Waals surface area contributed by atoms with E-state index in [2.05, 4.69) is 16.4 Å². The predicted octanol–water partition coefficient (Wildman–Crippen LogP) is 5.06. The van der Waals surface area contributed by atoms with Crippen LogP contribution in [0.5, 0.6) is 5.75 Å². The topological polar surface area (TPSA) is 87.1 Å². The molecule has 2 aromatic carbocycles. The molecule has 0 atom stereocenters. The Morgan fingerprint density at radius 3 is 2.71 bits per heavy atom. The summed E-state index contributed by atoms with van der Waals surface area (Å²) in [6.45, 7) is 2.98. The third-order valence-corrected chi connectivity index (χ3v) is 4.76. The van der Waals surface area contributed by atoms with Gasteiger partial charge in [0.25, 0.3) is 0 Å². The zero-order valence-corrected chi connectivity index (χ0v) is 15.6. The van der Waals surface area contributed by atoms with Crippen LogP contribution in [0.1, 0.15) is 25.3 Å². The van der Waals surface area contributed by atoms with Crippen LogP contribution in [0.3, 0.4) is 0 Å². The maximum atomic E-state index is 11.8. The van der Waals surface area contributed by atoms with E-state index in [4.69, 9.17) is 9.47 Å². The van der Waals surface area contributed by atoms with E-state index < -0.39 is 6.09 Å². The van der Waals surface area contributed by atoms with Crippen molar-refractivity contribution in [2.24, 2.45) is 5.92 Å². The van der Waals surface area contributed by atoms with Crippen molar-refractivity contribution < 1.29 is 14.3 Å². The van der Waals surface area contributed by atoms with Gasteiger partial charge in [0.05, 0.1) is 24.5 Å². The van der Waals surface area contributed by atoms with Crippen molar-refractivity contribution in [2.75, 3.05) is 18.5 Å². The first-order valence-corrected chi connectivity index (χ1v) is 9.40. The van der Waals surface area contributed by atoms with Crippen molar-refractivity contribution in [3.63, 3.8) is 0 Å². The van der Waals surface area contributed by atoms with E-state index in [0.29, 0.717) is 30.4 Å². The van der Waals surface area contributed by atoms with Crippen molar-refractivity contribution >= 4 is 22.7 Å². The second-order valence-electron chi connectivity index (χ2n) is 6.87. The summed E-state index contributed by atoms with van der Waals surface area (Å²) >= 11 is 0. The molecule has 6 heteroatoms. The molecule has 1 aliphatic carbocycles. The lowest BCUT2D eigenvalue weighted by atomic mass is 10.1. The van der Waals surface area contributed by atoms with Gasteiger partial charge in [-0.3, -0.25) is 5.32 Å². The Morgan fingerprint density at radius 2 is 2.04 bits per heavy atom. The minimum atomic E-state index is -0.438. The second kappa shape index (κ2) is 7.65. The van der Waals surface area contributed by atoms with Crippen molar-refractivity contribution in [3.05, 3.63) is 48.0 Å². The number of fused-ring (bicyclic) bond motifs is 1. The van der Waals surface area contributed by atoms with E-state index >= 15 is 0 Å². The molecular weight excluding hydrogens is 354 g/mol. The molecule has 4 rings (SSSR count). The Labute approximate surface area is 163 Å². The largest absolute Gasteiger partial charge is 0.494 e. The molecule has 1 amide bonds. The number of nitrogens with zero attached hydrogens (tertiary/aromatic N) is 1. The van der Waals surface area contributed by atoms with Gasteiger partial charge >= 0.3 is 6.09 Å². The number of benzene rings is 2. The summed E-state index contributed by atoms with van der Waals surface area (Å²) in [6.07, 6.45) is 1.84. The van der Waals surface area contributed by atoms with Crippen LogP contribution in [0.2, 0.25) is 0 Å². The summed E-state index contributed by atoms with van der Waals surface area (Å²) in [5, 5.41) is 13.2. The van der Waals surface area contributed by atoms with Gasteiger partial charge in [-0.25, -0.2) is 4.79 Å². The number of nitrogens with one attached hydrogen (secondary N) is 2. The van der Waals surface area contributed by atoms with Crippen LogP contribution in [-0.4, -0.2) is 24.3 Å². The fourth-order valence-electron chi connectivity index (χ4n) is 3.11. The molecule has 0 saturated heterocycles. The summed E-state index contributed by atoms with van der Waals surface area (Å²) in [4.78, 5) is 15.1. The Hall–Kier alpha value is -3.46. The lowest BCUT2D eigenvalue weighted by Crippen LogP contribution is -2.14. The van der Waals surface area contributed by atoms with E-state index in [1.54, 1.807) is 12.1 Å². The number of aromatic amines is 1. The number of anilines is 1. The van der Waals surface area contributed by atoms with Gasteiger partial charge in [0.1, 0.15) is 11.8 Å².